The number of carbonyl (C=O) groups excluding carboxylic acids is 1. The molecule has 0 bridgehead atoms. The van der Waals surface area contributed by atoms with E-state index in [0.29, 0.717) is 5.76 Å². The van der Waals surface area contributed by atoms with Crippen LogP contribution in [-0.4, -0.2) is 35.0 Å². The van der Waals surface area contributed by atoms with Gasteiger partial charge in [-0.05, 0) is 13.0 Å². The Morgan fingerprint density at radius 1 is 1.57 bits per heavy atom. The monoisotopic (exact) mass is 346 g/mol. The molecule has 0 aliphatic heterocycles. The second-order valence-electron chi connectivity index (χ2n) is 5.21. The topological polar surface area (TPSA) is 107 Å². The molecule has 1 amide bonds. The lowest BCUT2D eigenvalue weighted by Gasteiger charge is -2.04. The molecule has 0 radical (unpaired) electrons. The van der Waals surface area contributed by atoms with Crippen molar-refractivity contribution in [2.75, 3.05) is 0 Å². The van der Waals surface area contributed by atoms with Crippen molar-refractivity contribution in [2.24, 2.45) is 0 Å². The Hall–Kier alpha value is -2.30. The fourth-order valence-corrected chi connectivity index (χ4v) is 3.09. The van der Waals surface area contributed by atoms with Crippen LogP contribution >= 0.6 is 0 Å². The molecule has 1 aliphatic carbocycles. The van der Waals surface area contributed by atoms with Crippen molar-refractivity contribution in [3.63, 3.8) is 0 Å². The Morgan fingerprint density at radius 3 is 2.83 bits per heavy atom. The smallest absolute Gasteiger partial charge is 0.285 e. The van der Waals surface area contributed by atoms with E-state index in [1.807, 2.05) is 4.72 Å². The van der Waals surface area contributed by atoms with Crippen molar-refractivity contribution in [3.8, 4) is 0 Å². The van der Waals surface area contributed by atoms with E-state index in [4.69, 9.17) is 4.42 Å². The number of oxazole rings is 1. The molecule has 124 valence electrons. The van der Waals surface area contributed by atoms with Gasteiger partial charge in [-0.2, -0.15) is 5.10 Å². The van der Waals surface area contributed by atoms with Crippen LogP contribution in [0.1, 0.15) is 34.4 Å². The molecular weight excluding hydrogens is 334 g/mol. The van der Waals surface area contributed by atoms with Crippen molar-refractivity contribution < 1.29 is 26.4 Å². The van der Waals surface area contributed by atoms with Crippen LogP contribution in [0.3, 0.4) is 0 Å². The van der Waals surface area contributed by atoms with Crippen LogP contribution in [0.2, 0.25) is 0 Å². The van der Waals surface area contributed by atoms with Gasteiger partial charge in [-0.25, -0.2) is 26.9 Å². The summed E-state index contributed by atoms with van der Waals surface area (Å²) in [5.41, 5.74) is -0.0819. The molecule has 0 spiro atoms. The number of aryl methyl sites for hydroxylation is 1. The highest BCUT2D eigenvalue weighted by molar-refractivity contribution is 7.89. The van der Waals surface area contributed by atoms with Gasteiger partial charge in [0.25, 0.3) is 11.8 Å². The lowest BCUT2D eigenvalue weighted by atomic mass is 10.4. The number of nitrogens with one attached hydrogen (secondary N) is 1. The fraction of sp³-hybridized carbons (Fsp3) is 0.417. The summed E-state index contributed by atoms with van der Waals surface area (Å²) in [7, 11) is -4.01. The SMILES string of the molecule is Cc1ocnc1CS(=O)(=O)NC(=O)c1ccn(C2CC2(F)F)n1. The minimum Gasteiger partial charge on any atom is -0.448 e. The normalized spacial score (nSPS) is 19.5. The van der Waals surface area contributed by atoms with Crippen molar-refractivity contribution >= 4 is 15.9 Å². The maximum absolute atomic E-state index is 12.9. The van der Waals surface area contributed by atoms with E-state index in [1.165, 1.54) is 19.2 Å². The number of aromatic nitrogens is 3. The van der Waals surface area contributed by atoms with Crippen molar-refractivity contribution in [1.29, 1.82) is 0 Å². The molecule has 11 heteroatoms. The van der Waals surface area contributed by atoms with Gasteiger partial charge >= 0.3 is 0 Å². The highest BCUT2D eigenvalue weighted by Crippen LogP contribution is 2.52. The molecule has 1 aliphatic rings. The van der Waals surface area contributed by atoms with Gasteiger partial charge < -0.3 is 4.42 Å². The van der Waals surface area contributed by atoms with Gasteiger partial charge in [-0.1, -0.05) is 0 Å². The molecule has 2 aromatic rings. The van der Waals surface area contributed by atoms with E-state index < -0.39 is 33.6 Å². The summed E-state index contributed by atoms with van der Waals surface area (Å²) in [6.07, 6.45) is 1.97. The van der Waals surface area contributed by atoms with E-state index in [1.54, 1.807) is 0 Å². The first-order chi connectivity index (χ1) is 10.7. The lowest BCUT2D eigenvalue weighted by molar-refractivity contribution is 0.0949. The maximum atomic E-state index is 12.9. The van der Waals surface area contributed by atoms with Crippen LogP contribution in [0.25, 0.3) is 0 Å². The molecule has 23 heavy (non-hydrogen) atoms. The maximum Gasteiger partial charge on any atom is 0.285 e. The largest absolute Gasteiger partial charge is 0.448 e. The van der Waals surface area contributed by atoms with Crippen LogP contribution in [0.4, 0.5) is 8.78 Å². The number of sulfonamides is 1. The number of hydrogen-bond acceptors (Lipinski definition) is 6. The summed E-state index contributed by atoms with van der Waals surface area (Å²) < 4.78 is 57.4. The summed E-state index contributed by atoms with van der Waals surface area (Å²) in [5.74, 6) is -4.05. The predicted molar refractivity (Wildman–Crippen MR) is 72.2 cm³/mol. The molecule has 1 fully saturated rings. The zero-order valence-electron chi connectivity index (χ0n) is 11.9. The van der Waals surface area contributed by atoms with Crippen LogP contribution in [-0.2, 0) is 15.8 Å². The van der Waals surface area contributed by atoms with E-state index in [0.717, 1.165) is 11.1 Å². The van der Waals surface area contributed by atoms with Crippen LogP contribution in [0.15, 0.2) is 23.1 Å². The zero-order chi connectivity index (χ0) is 16.8. The first-order valence-corrected chi connectivity index (χ1v) is 8.20. The summed E-state index contributed by atoms with van der Waals surface area (Å²) in [5, 5.41) is 3.69. The molecule has 0 saturated heterocycles. The van der Waals surface area contributed by atoms with Gasteiger partial charge in [0.05, 0.1) is 5.69 Å². The minimum absolute atomic E-state index is 0.174. The highest BCUT2D eigenvalue weighted by atomic mass is 32.2. The summed E-state index contributed by atoms with van der Waals surface area (Å²) in [6.45, 7) is 1.54. The quantitative estimate of drug-likeness (QED) is 0.866. The highest BCUT2D eigenvalue weighted by Gasteiger charge is 2.59. The minimum atomic E-state index is -4.01. The number of carbonyl (C=O) groups is 1. The summed E-state index contributed by atoms with van der Waals surface area (Å²) >= 11 is 0. The first kappa shape index (κ1) is 15.6. The molecule has 3 rings (SSSR count). The molecular formula is C12H12F2N4O4S. The molecule has 8 nitrogen and oxygen atoms in total. The molecule has 2 heterocycles. The Balaban J connectivity index is 1.68. The Kier molecular flexibility index (Phi) is 3.47. The molecule has 2 aromatic heterocycles. The number of rotatable bonds is 5. The molecule has 0 aromatic carbocycles. The van der Waals surface area contributed by atoms with E-state index in [9.17, 15) is 22.0 Å². The number of halogens is 2. The van der Waals surface area contributed by atoms with E-state index in [2.05, 4.69) is 10.1 Å². The predicted octanol–water partition coefficient (Wildman–Crippen LogP) is 1.02. The summed E-state index contributed by atoms with van der Waals surface area (Å²) in [4.78, 5) is 15.6. The number of hydrogen-bond donors (Lipinski definition) is 1. The van der Waals surface area contributed by atoms with Gasteiger partial charge in [0.15, 0.2) is 12.1 Å². The van der Waals surface area contributed by atoms with Gasteiger partial charge in [0.1, 0.15) is 17.6 Å². The first-order valence-electron chi connectivity index (χ1n) is 6.55. The third kappa shape index (κ3) is 3.23. The molecule has 1 unspecified atom stereocenters. The van der Waals surface area contributed by atoms with Gasteiger partial charge in [0.2, 0.25) is 10.0 Å². The van der Waals surface area contributed by atoms with Crippen molar-refractivity contribution in [3.05, 3.63) is 35.8 Å². The summed E-state index contributed by atoms with van der Waals surface area (Å²) in [6, 6.07) is 0.0964. The third-order valence-electron chi connectivity index (χ3n) is 3.37. The van der Waals surface area contributed by atoms with Crippen molar-refractivity contribution in [1.82, 2.24) is 19.5 Å². The van der Waals surface area contributed by atoms with Crippen LogP contribution in [0.5, 0.6) is 0 Å². The number of alkyl halides is 2. The molecule has 1 N–H and O–H groups in total. The average molecular weight is 346 g/mol. The standard InChI is InChI=1S/C12H12F2N4O4S/c1-7-9(15-6-22-7)5-23(20,21)17-11(19)8-2-3-18(16-8)10-4-12(10,13)14/h2-3,6,10H,4-5H2,1H3,(H,17,19). The second kappa shape index (κ2) is 5.11. The lowest BCUT2D eigenvalue weighted by Crippen LogP contribution is -2.32. The van der Waals surface area contributed by atoms with E-state index in [-0.39, 0.29) is 17.8 Å². The molecule has 1 saturated carbocycles. The fourth-order valence-electron chi connectivity index (χ4n) is 2.00. The van der Waals surface area contributed by atoms with Gasteiger partial charge in [0, 0.05) is 12.6 Å². The average Bonchev–Trinajstić information content (AvgIpc) is 2.84. The van der Waals surface area contributed by atoms with E-state index >= 15 is 0 Å². The van der Waals surface area contributed by atoms with Gasteiger partial charge in [-0.15, -0.1) is 0 Å². The Bertz CT molecular complexity index is 858. The zero-order valence-corrected chi connectivity index (χ0v) is 12.7. The third-order valence-corrected chi connectivity index (χ3v) is 4.52. The molecule has 1 atom stereocenters. The van der Waals surface area contributed by atoms with Gasteiger partial charge in [-0.3, -0.25) is 9.48 Å². The van der Waals surface area contributed by atoms with Crippen molar-refractivity contribution in [2.45, 2.75) is 31.1 Å². The Morgan fingerprint density at radius 2 is 2.26 bits per heavy atom. The Labute approximate surface area is 129 Å². The number of nitrogens with zero attached hydrogens (tertiary/aromatic N) is 3. The van der Waals surface area contributed by atoms with Crippen LogP contribution in [0, 0.1) is 6.92 Å². The van der Waals surface area contributed by atoms with Crippen LogP contribution < -0.4 is 4.72 Å². The second-order valence-corrected chi connectivity index (χ2v) is 6.93. The number of amides is 1.